The van der Waals surface area contributed by atoms with Gasteiger partial charge < -0.3 is 28.6 Å². The number of esters is 2. The zero-order valence-electron chi connectivity index (χ0n) is 33.3. The minimum absolute atomic E-state index is 0.0321. The van der Waals surface area contributed by atoms with E-state index >= 15 is 0 Å². The molecule has 0 saturated carbocycles. The first-order valence-corrected chi connectivity index (χ1v) is 20.2. The van der Waals surface area contributed by atoms with E-state index in [0.29, 0.717) is 12.8 Å². The van der Waals surface area contributed by atoms with E-state index in [-0.39, 0.29) is 42.7 Å². The number of quaternary nitrogens is 1. The number of carboxylic acids is 1. The molecular formula is C43H75NO7. The Labute approximate surface area is 312 Å². The van der Waals surface area contributed by atoms with Gasteiger partial charge in [-0.05, 0) is 57.8 Å². The Morgan fingerprint density at radius 3 is 1.67 bits per heavy atom. The summed E-state index contributed by atoms with van der Waals surface area (Å²) in [5, 5.41) is 11.6. The molecule has 0 aromatic rings. The van der Waals surface area contributed by atoms with Gasteiger partial charge in [0.2, 0.25) is 0 Å². The van der Waals surface area contributed by atoms with Crippen LogP contribution in [0.5, 0.6) is 0 Å². The first-order valence-electron chi connectivity index (χ1n) is 20.2. The number of allylic oxidation sites excluding steroid dienone is 8. The molecule has 0 N–H and O–H groups in total. The Morgan fingerprint density at radius 1 is 0.608 bits per heavy atom. The molecule has 0 fully saturated rings. The number of unbranched alkanes of at least 4 members (excludes halogenated alkanes) is 15. The Kier molecular flexibility index (Phi) is 32.6. The molecule has 8 nitrogen and oxygen atoms in total. The smallest absolute Gasteiger partial charge is 0.306 e. The van der Waals surface area contributed by atoms with Crippen molar-refractivity contribution in [1.82, 2.24) is 0 Å². The van der Waals surface area contributed by atoms with Crippen molar-refractivity contribution in [2.75, 3.05) is 41.0 Å². The lowest BCUT2D eigenvalue weighted by Crippen LogP contribution is -2.55. The van der Waals surface area contributed by atoms with Gasteiger partial charge in [-0.25, -0.2) is 0 Å². The summed E-state index contributed by atoms with van der Waals surface area (Å²) in [4.78, 5) is 36.7. The maximum Gasteiger partial charge on any atom is 0.306 e. The van der Waals surface area contributed by atoms with Crippen molar-refractivity contribution in [3.05, 3.63) is 48.6 Å². The Morgan fingerprint density at radius 2 is 1.12 bits per heavy atom. The predicted octanol–water partition coefficient (Wildman–Crippen LogP) is 9.13. The minimum atomic E-state index is -1.13. The SMILES string of the molecule is CC/C=C/C=C/C=C/CCCCCCCCCC(=O)OC(COCCC(C(=O)[O-])[N+](C)(C)C)COC(=O)CCCCCCC/C=C/CCCCC. The van der Waals surface area contributed by atoms with Crippen LogP contribution < -0.4 is 5.11 Å². The van der Waals surface area contributed by atoms with Crippen LogP contribution in [0.2, 0.25) is 0 Å². The number of hydrogen-bond acceptors (Lipinski definition) is 7. The molecule has 2 unspecified atom stereocenters. The number of carboxylic acid groups (broad SMARTS) is 1. The van der Waals surface area contributed by atoms with Crippen molar-refractivity contribution in [1.29, 1.82) is 0 Å². The van der Waals surface area contributed by atoms with Crippen LogP contribution in [0.3, 0.4) is 0 Å². The summed E-state index contributed by atoms with van der Waals surface area (Å²) in [7, 11) is 5.39. The summed E-state index contributed by atoms with van der Waals surface area (Å²) in [6.45, 7) is 4.47. The molecule has 2 atom stereocenters. The highest BCUT2D eigenvalue weighted by atomic mass is 16.6. The average Bonchev–Trinajstić information content (AvgIpc) is 3.08. The van der Waals surface area contributed by atoms with Crippen molar-refractivity contribution in [3.8, 4) is 0 Å². The summed E-state index contributed by atoms with van der Waals surface area (Å²) in [6, 6.07) is -0.729. The second kappa shape index (κ2) is 34.4. The molecule has 51 heavy (non-hydrogen) atoms. The van der Waals surface area contributed by atoms with E-state index in [2.05, 4.69) is 62.5 Å². The molecule has 0 bridgehead atoms. The molecule has 0 aromatic heterocycles. The van der Waals surface area contributed by atoms with Crippen molar-refractivity contribution in [2.45, 2.75) is 167 Å². The van der Waals surface area contributed by atoms with E-state index in [9.17, 15) is 19.5 Å². The molecule has 0 saturated heterocycles. The molecule has 0 heterocycles. The zero-order chi connectivity index (χ0) is 37.8. The van der Waals surface area contributed by atoms with Gasteiger partial charge in [0.1, 0.15) is 12.6 Å². The number of likely N-dealkylation sites (N-methyl/N-ethyl adjacent to an activating group) is 1. The highest BCUT2D eigenvalue weighted by Gasteiger charge is 2.25. The Hall–Kier alpha value is -2.71. The minimum Gasteiger partial charge on any atom is -0.544 e. The molecule has 0 aliphatic carbocycles. The Bertz CT molecular complexity index is 979. The number of aliphatic carboxylic acids is 1. The predicted molar refractivity (Wildman–Crippen MR) is 208 cm³/mol. The fourth-order valence-corrected chi connectivity index (χ4v) is 5.59. The van der Waals surface area contributed by atoms with E-state index in [1.54, 1.807) is 21.1 Å². The van der Waals surface area contributed by atoms with E-state index in [0.717, 1.165) is 70.6 Å². The number of rotatable bonds is 35. The van der Waals surface area contributed by atoms with E-state index in [4.69, 9.17) is 14.2 Å². The molecule has 0 amide bonds. The quantitative estimate of drug-likeness (QED) is 0.0212. The lowest BCUT2D eigenvalue weighted by Gasteiger charge is -2.34. The van der Waals surface area contributed by atoms with Gasteiger partial charge in [0.25, 0.3) is 0 Å². The van der Waals surface area contributed by atoms with Crippen LogP contribution >= 0.6 is 0 Å². The van der Waals surface area contributed by atoms with E-state index < -0.39 is 18.1 Å². The van der Waals surface area contributed by atoms with Gasteiger partial charge in [0, 0.05) is 19.3 Å². The second-order valence-corrected chi connectivity index (χ2v) is 14.5. The van der Waals surface area contributed by atoms with Crippen LogP contribution in [-0.4, -0.2) is 75.5 Å². The average molecular weight is 718 g/mol. The molecule has 0 spiro atoms. The molecule has 0 aromatic carbocycles. The summed E-state index contributed by atoms with van der Waals surface area (Å²) in [5.41, 5.74) is 0. The highest BCUT2D eigenvalue weighted by molar-refractivity contribution is 5.70. The van der Waals surface area contributed by atoms with Gasteiger partial charge in [-0.15, -0.1) is 0 Å². The van der Waals surface area contributed by atoms with Gasteiger partial charge in [0.05, 0.1) is 40.3 Å². The number of carbonyl (C=O) groups excluding carboxylic acids is 3. The normalized spacial score (nSPS) is 13.5. The highest BCUT2D eigenvalue weighted by Crippen LogP contribution is 2.13. The van der Waals surface area contributed by atoms with Crippen molar-refractivity contribution < 1.29 is 38.2 Å². The molecule has 294 valence electrons. The number of hydrogen-bond donors (Lipinski definition) is 0. The van der Waals surface area contributed by atoms with Crippen LogP contribution in [-0.2, 0) is 28.6 Å². The van der Waals surface area contributed by atoms with Crippen molar-refractivity contribution in [3.63, 3.8) is 0 Å². The van der Waals surface area contributed by atoms with Gasteiger partial charge in [0.15, 0.2) is 6.10 Å². The van der Waals surface area contributed by atoms with Gasteiger partial charge in [-0.1, -0.05) is 127 Å². The summed E-state index contributed by atoms with van der Waals surface area (Å²) >= 11 is 0. The van der Waals surface area contributed by atoms with E-state index in [1.807, 2.05) is 0 Å². The monoisotopic (exact) mass is 718 g/mol. The van der Waals surface area contributed by atoms with Crippen LogP contribution in [0.25, 0.3) is 0 Å². The topological polar surface area (TPSA) is 102 Å². The third-order valence-electron chi connectivity index (χ3n) is 8.76. The summed E-state index contributed by atoms with van der Waals surface area (Å²) < 4.78 is 17.1. The number of nitrogens with zero attached hydrogens (tertiary/aromatic N) is 1. The summed E-state index contributed by atoms with van der Waals surface area (Å²) in [5.74, 6) is -1.77. The summed E-state index contributed by atoms with van der Waals surface area (Å²) in [6.07, 6.45) is 38.4. The van der Waals surface area contributed by atoms with Crippen LogP contribution in [0.15, 0.2) is 48.6 Å². The maximum atomic E-state index is 12.7. The number of carbonyl (C=O) groups is 3. The van der Waals surface area contributed by atoms with Crippen LogP contribution in [0.4, 0.5) is 0 Å². The number of ether oxygens (including phenoxy) is 3. The van der Waals surface area contributed by atoms with E-state index in [1.165, 1.54) is 51.4 Å². The molecule has 0 aliphatic heterocycles. The molecule has 0 aliphatic rings. The van der Waals surface area contributed by atoms with Gasteiger partial charge >= 0.3 is 11.9 Å². The molecule has 8 heteroatoms. The first kappa shape index (κ1) is 48.3. The molecule has 0 radical (unpaired) electrons. The van der Waals surface area contributed by atoms with Gasteiger partial charge in [-0.2, -0.15) is 0 Å². The fourth-order valence-electron chi connectivity index (χ4n) is 5.59. The van der Waals surface area contributed by atoms with Crippen LogP contribution in [0.1, 0.15) is 155 Å². The van der Waals surface area contributed by atoms with Crippen molar-refractivity contribution >= 4 is 17.9 Å². The third kappa shape index (κ3) is 32.9. The first-order chi connectivity index (χ1) is 24.6. The Balaban J connectivity index is 4.43. The lowest BCUT2D eigenvalue weighted by atomic mass is 10.1. The maximum absolute atomic E-state index is 12.7. The third-order valence-corrected chi connectivity index (χ3v) is 8.76. The van der Waals surface area contributed by atoms with Gasteiger partial charge in [-0.3, -0.25) is 9.59 Å². The van der Waals surface area contributed by atoms with Crippen molar-refractivity contribution in [2.24, 2.45) is 0 Å². The van der Waals surface area contributed by atoms with Crippen LogP contribution in [0, 0.1) is 0 Å². The largest absolute Gasteiger partial charge is 0.544 e. The standard InChI is InChI=1S/C43H75NO7/c1-6-8-10-12-14-16-18-20-21-22-24-26-28-30-32-34-42(46)51-39(37-49-36-35-40(43(47)48)44(3,4)5)38-50-41(45)33-31-29-27-25-23-19-17-15-13-11-9-7-2/h8,10,12,14-18,39-40H,6-7,9,11,13,19-38H2,1-5H3/b10-8+,14-12+,17-15+,18-16+. The zero-order valence-corrected chi connectivity index (χ0v) is 33.3. The fraction of sp³-hybridized carbons (Fsp3) is 0.744. The molecule has 0 rings (SSSR count). The molecular weight excluding hydrogens is 642 g/mol. The second-order valence-electron chi connectivity index (χ2n) is 14.5. The lowest BCUT2D eigenvalue weighted by molar-refractivity contribution is -0.889.